The molecular weight excluding hydrogens is 176 g/mol. The van der Waals surface area contributed by atoms with Gasteiger partial charge in [0.05, 0.1) is 18.3 Å². The number of ether oxygens (including phenoxy) is 1. The van der Waals surface area contributed by atoms with Crippen LogP contribution in [0.4, 0.5) is 0 Å². The monoisotopic (exact) mass is 198 g/mol. The Hall–Kier alpha value is -0.0800. The van der Waals surface area contributed by atoms with Crippen LogP contribution in [0.25, 0.3) is 0 Å². The molecule has 0 aromatic carbocycles. The van der Waals surface area contributed by atoms with Crippen LogP contribution in [0.15, 0.2) is 0 Å². The molecule has 1 saturated carbocycles. The Morgan fingerprint density at radius 2 is 2.14 bits per heavy atom. The predicted molar refractivity (Wildman–Crippen MR) is 56.1 cm³/mol. The molecule has 1 heterocycles. The lowest BCUT2D eigenvalue weighted by Crippen LogP contribution is -2.52. The van der Waals surface area contributed by atoms with Crippen molar-refractivity contribution in [3.63, 3.8) is 0 Å². The standard InChI is InChI=1S/C12H22O2/c1-9(2)10-6-12(7-10)5-3-4-11(8-13)14-12/h9-11,13H,3-8H2,1-2H3. The zero-order valence-electron chi connectivity index (χ0n) is 9.33. The maximum absolute atomic E-state index is 9.09. The van der Waals surface area contributed by atoms with Gasteiger partial charge >= 0.3 is 0 Å². The first-order chi connectivity index (χ1) is 6.65. The van der Waals surface area contributed by atoms with Crippen molar-refractivity contribution in [2.24, 2.45) is 11.8 Å². The van der Waals surface area contributed by atoms with Crippen LogP contribution >= 0.6 is 0 Å². The van der Waals surface area contributed by atoms with Crippen LogP contribution in [-0.4, -0.2) is 23.4 Å². The van der Waals surface area contributed by atoms with Crippen molar-refractivity contribution < 1.29 is 9.84 Å². The summed E-state index contributed by atoms with van der Waals surface area (Å²) in [5.41, 5.74) is 0.167. The van der Waals surface area contributed by atoms with Crippen LogP contribution in [0, 0.1) is 11.8 Å². The van der Waals surface area contributed by atoms with Crippen LogP contribution in [0.3, 0.4) is 0 Å². The van der Waals surface area contributed by atoms with Crippen LogP contribution in [0.1, 0.15) is 46.0 Å². The van der Waals surface area contributed by atoms with E-state index in [0.29, 0.717) is 0 Å². The lowest BCUT2D eigenvalue weighted by Gasteiger charge is -2.53. The van der Waals surface area contributed by atoms with Gasteiger partial charge in [0.2, 0.25) is 0 Å². The Bertz CT molecular complexity index is 194. The highest BCUT2D eigenvalue weighted by Gasteiger charge is 2.48. The van der Waals surface area contributed by atoms with Gasteiger partial charge in [-0.3, -0.25) is 0 Å². The van der Waals surface area contributed by atoms with E-state index < -0.39 is 0 Å². The normalized spacial score (nSPS) is 42.9. The second-order valence-corrected chi connectivity index (χ2v) is 5.41. The Morgan fingerprint density at radius 1 is 1.43 bits per heavy atom. The van der Waals surface area contributed by atoms with Gasteiger partial charge in [0.25, 0.3) is 0 Å². The van der Waals surface area contributed by atoms with E-state index in [2.05, 4.69) is 13.8 Å². The lowest BCUT2D eigenvalue weighted by molar-refractivity contribution is -0.203. The maximum atomic E-state index is 9.09. The third-order valence-corrected chi connectivity index (χ3v) is 3.99. The molecule has 1 saturated heterocycles. The molecule has 1 aliphatic carbocycles. The average Bonchev–Trinajstić information content (AvgIpc) is 2.14. The van der Waals surface area contributed by atoms with Crippen molar-refractivity contribution in [2.75, 3.05) is 6.61 Å². The first-order valence-corrected chi connectivity index (χ1v) is 5.94. The number of rotatable bonds is 2. The molecule has 82 valence electrons. The molecule has 2 fully saturated rings. The van der Waals surface area contributed by atoms with E-state index in [-0.39, 0.29) is 18.3 Å². The summed E-state index contributed by atoms with van der Waals surface area (Å²) in [6, 6.07) is 0. The van der Waals surface area contributed by atoms with Crippen molar-refractivity contribution >= 4 is 0 Å². The van der Waals surface area contributed by atoms with Crippen molar-refractivity contribution in [2.45, 2.75) is 57.7 Å². The Labute approximate surface area is 86.6 Å². The molecular formula is C12H22O2. The fraction of sp³-hybridized carbons (Fsp3) is 1.00. The van der Waals surface area contributed by atoms with Gasteiger partial charge in [0, 0.05) is 0 Å². The predicted octanol–water partition coefficient (Wildman–Crippen LogP) is 2.35. The fourth-order valence-corrected chi connectivity index (χ4v) is 2.92. The van der Waals surface area contributed by atoms with E-state index in [1.165, 1.54) is 25.7 Å². The number of hydrogen-bond acceptors (Lipinski definition) is 2. The first kappa shape index (κ1) is 10.4. The summed E-state index contributed by atoms with van der Waals surface area (Å²) >= 11 is 0. The topological polar surface area (TPSA) is 29.5 Å². The van der Waals surface area contributed by atoms with Crippen molar-refractivity contribution in [1.29, 1.82) is 0 Å². The van der Waals surface area contributed by atoms with Crippen molar-refractivity contribution in [3.8, 4) is 0 Å². The van der Waals surface area contributed by atoms with E-state index in [1.807, 2.05) is 0 Å². The van der Waals surface area contributed by atoms with Gasteiger partial charge in [-0.1, -0.05) is 13.8 Å². The van der Waals surface area contributed by atoms with Gasteiger partial charge in [-0.25, -0.2) is 0 Å². The summed E-state index contributed by atoms with van der Waals surface area (Å²) in [7, 11) is 0. The molecule has 0 radical (unpaired) electrons. The summed E-state index contributed by atoms with van der Waals surface area (Å²) in [6.07, 6.45) is 6.06. The second kappa shape index (κ2) is 3.82. The molecule has 1 spiro atoms. The summed E-state index contributed by atoms with van der Waals surface area (Å²) in [4.78, 5) is 0. The Kier molecular flexibility index (Phi) is 2.85. The smallest absolute Gasteiger partial charge is 0.0813 e. The quantitative estimate of drug-likeness (QED) is 0.738. The lowest BCUT2D eigenvalue weighted by atomic mass is 9.63. The van der Waals surface area contributed by atoms with E-state index in [0.717, 1.165) is 18.3 Å². The van der Waals surface area contributed by atoms with Gasteiger partial charge < -0.3 is 9.84 Å². The zero-order valence-corrected chi connectivity index (χ0v) is 9.33. The SMILES string of the molecule is CC(C)C1CC2(CCCC(CO)O2)C1. The van der Waals surface area contributed by atoms with E-state index >= 15 is 0 Å². The molecule has 1 atom stereocenters. The minimum atomic E-state index is 0.122. The largest absolute Gasteiger partial charge is 0.394 e. The molecule has 2 heteroatoms. The minimum Gasteiger partial charge on any atom is -0.394 e. The van der Waals surface area contributed by atoms with Crippen LogP contribution in [-0.2, 0) is 4.74 Å². The number of hydrogen-bond donors (Lipinski definition) is 1. The summed E-state index contributed by atoms with van der Waals surface area (Å²) in [6.45, 7) is 4.79. The summed E-state index contributed by atoms with van der Waals surface area (Å²) < 4.78 is 5.99. The molecule has 1 N–H and O–H groups in total. The molecule has 2 nitrogen and oxygen atoms in total. The molecule has 0 bridgehead atoms. The minimum absolute atomic E-state index is 0.122. The highest BCUT2D eigenvalue weighted by molar-refractivity contribution is 4.99. The van der Waals surface area contributed by atoms with E-state index in [1.54, 1.807) is 0 Å². The van der Waals surface area contributed by atoms with E-state index in [9.17, 15) is 0 Å². The Morgan fingerprint density at radius 3 is 2.71 bits per heavy atom. The van der Waals surface area contributed by atoms with Gasteiger partial charge in [0.15, 0.2) is 0 Å². The van der Waals surface area contributed by atoms with Crippen molar-refractivity contribution in [1.82, 2.24) is 0 Å². The third kappa shape index (κ3) is 1.82. The van der Waals surface area contributed by atoms with E-state index in [4.69, 9.17) is 9.84 Å². The molecule has 0 amide bonds. The summed E-state index contributed by atoms with van der Waals surface area (Å²) in [5.74, 6) is 1.64. The first-order valence-electron chi connectivity index (χ1n) is 5.94. The van der Waals surface area contributed by atoms with Gasteiger partial charge in [-0.15, -0.1) is 0 Å². The number of aliphatic hydroxyl groups excluding tert-OH is 1. The molecule has 2 aliphatic rings. The Balaban J connectivity index is 1.87. The van der Waals surface area contributed by atoms with Gasteiger partial charge in [0.1, 0.15) is 0 Å². The molecule has 0 aromatic heterocycles. The van der Waals surface area contributed by atoms with Gasteiger partial charge in [-0.05, 0) is 43.9 Å². The highest BCUT2D eigenvalue weighted by atomic mass is 16.5. The molecule has 2 rings (SSSR count). The molecule has 1 unspecified atom stereocenters. The maximum Gasteiger partial charge on any atom is 0.0813 e. The van der Waals surface area contributed by atoms with Crippen molar-refractivity contribution in [3.05, 3.63) is 0 Å². The molecule has 1 aliphatic heterocycles. The van der Waals surface area contributed by atoms with Crippen LogP contribution in [0.2, 0.25) is 0 Å². The number of aliphatic hydroxyl groups is 1. The van der Waals surface area contributed by atoms with Crippen LogP contribution < -0.4 is 0 Å². The summed E-state index contributed by atoms with van der Waals surface area (Å²) in [5, 5.41) is 9.09. The van der Waals surface area contributed by atoms with Crippen LogP contribution in [0.5, 0.6) is 0 Å². The zero-order chi connectivity index (χ0) is 10.2. The molecule has 0 aromatic rings. The second-order valence-electron chi connectivity index (χ2n) is 5.41. The highest BCUT2D eigenvalue weighted by Crippen LogP contribution is 2.50. The third-order valence-electron chi connectivity index (χ3n) is 3.99. The average molecular weight is 198 g/mol. The van der Waals surface area contributed by atoms with Gasteiger partial charge in [-0.2, -0.15) is 0 Å². The molecule has 14 heavy (non-hydrogen) atoms. The fourth-order valence-electron chi connectivity index (χ4n) is 2.92.